The van der Waals surface area contributed by atoms with Gasteiger partial charge in [-0.1, -0.05) is 12.1 Å². The smallest absolute Gasteiger partial charge is 0.326 e. The molecular weight excluding hydrogens is 462 g/mol. The third kappa shape index (κ3) is 10.8. The first-order chi connectivity index (χ1) is 16.4. The molecule has 0 saturated carbocycles. The molecule has 1 rings (SSSR count). The van der Waals surface area contributed by atoms with Crippen LogP contribution in [0.4, 0.5) is 0 Å². The number of carbonyl (C=O) groups excluding carboxylic acids is 3. The van der Waals surface area contributed by atoms with Crippen LogP contribution in [0.5, 0.6) is 5.75 Å². The van der Waals surface area contributed by atoms with Crippen molar-refractivity contribution in [2.75, 3.05) is 6.54 Å². The second-order valence-corrected chi connectivity index (χ2v) is 8.05. The zero-order valence-electron chi connectivity index (χ0n) is 19.4. The molecule has 4 atom stereocenters. The molecule has 13 heteroatoms. The van der Waals surface area contributed by atoms with Gasteiger partial charge >= 0.3 is 11.9 Å². The van der Waals surface area contributed by atoms with E-state index in [4.69, 9.17) is 16.6 Å². The Hall–Kier alpha value is -3.71. The lowest BCUT2D eigenvalue weighted by Crippen LogP contribution is -2.56. The van der Waals surface area contributed by atoms with E-state index < -0.39 is 60.2 Å². The highest BCUT2D eigenvalue weighted by atomic mass is 16.4. The van der Waals surface area contributed by atoms with Crippen molar-refractivity contribution in [3.8, 4) is 5.75 Å². The van der Waals surface area contributed by atoms with Gasteiger partial charge in [0.15, 0.2) is 0 Å². The summed E-state index contributed by atoms with van der Waals surface area (Å²) in [6.45, 7) is 1.67. The van der Waals surface area contributed by atoms with Gasteiger partial charge in [-0.2, -0.15) is 0 Å². The van der Waals surface area contributed by atoms with E-state index in [1.54, 1.807) is 12.1 Å². The number of amides is 3. The SMILES string of the molecule is CC(NC(=O)C(N)Cc1ccc(O)cc1)C(=O)NC(CC(=O)O)C(=O)NC(CCCCN)C(=O)O. The van der Waals surface area contributed by atoms with Crippen LogP contribution in [-0.2, 0) is 30.4 Å². The van der Waals surface area contributed by atoms with Crippen molar-refractivity contribution >= 4 is 29.7 Å². The molecule has 0 aliphatic carbocycles. The lowest BCUT2D eigenvalue weighted by Gasteiger charge is -2.23. The maximum Gasteiger partial charge on any atom is 0.326 e. The number of nitrogens with one attached hydrogen (secondary N) is 3. The van der Waals surface area contributed by atoms with E-state index in [9.17, 15) is 34.2 Å². The van der Waals surface area contributed by atoms with Crippen LogP contribution in [0.15, 0.2) is 24.3 Å². The number of rotatable bonds is 15. The minimum Gasteiger partial charge on any atom is -0.508 e. The number of carbonyl (C=O) groups is 5. The van der Waals surface area contributed by atoms with Gasteiger partial charge in [0.25, 0.3) is 0 Å². The minimum atomic E-state index is -1.57. The van der Waals surface area contributed by atoms with Gasteiger partial charge in [-0.05, 0) is 56.8 Å². The summed E-state index contributed by atoms with van der Waals surface area (Å²) in [5.74, 6) is -5.14. The number of hydrogen-bond donors (Lipinski definition) is 8. The highest BCUT2D eigenvalue weighted by Crippen LogP contribution is 2.11. The van der Waals surface area contributed by atoms with Crippen LogP contribution >= 0.6 is 0 Å². The fraction of sp³-hybridized carbons (Fsp3) is 0.500. The Morgan fingerprint density at radius 3 is 2.03 bits per heavy atom. The van der Waals surface area contributed by atoms with E-state index in [-0.39, 0.29) is 18.6 Å². The molecule has 0 saturated heterocycles. The number of benzene rings is 1. The molecule has 0 aliphatic rings. The molecule has 0 heterocycles. The summed E-state index contributed by atoms with van der Waals surface area (Å²) in [6.07, 6.45) is 0.384. The molecule has 0 aromatic heterocycles. The van der Waals surface area contributed by atoms with Crippen molar-refractivity contribution < 1.29 is 39.3 Å². The molecule has 13 nitrogen and oxygen atoms in total. The quantitative estimate of drug-likeness (QED) is 0.130. The molecule has 35 heavy (non-hydrogen) atoms. The van der Waals surface area contributed by atoms with Gasteiger partial charge in [0, 0.05) is 0 Å². The Kier molecular flexibility index (Phi) is 12.2. The molecule has 0 aliphatic heterocycles. The molecule has 0 fully saturated rings. The van der Waals surface area contributed by atoms with Crippen LogP contribution in [0, 0.1) is 0 Å². The van der Waals surface area contributed by atoms with Crippen LogP contribution < -0.4 is 27.4 Å². The lowest BCUT2D eigenvalue weighted by molar-refractivity contribution is -0.143. The molecule has 0 radical (unpaired) electrons. The number of carboxylic acid groups (broad SMARTS) is 2. The van der Waals surface area contributed by atoms with Crippen LogP contribution in [0.3, 0.4) is 0 Å². The molecule has 1 aromatic carbocycles. The summed E-state index contributed by atoms with van der Waals surface area (Å²) >= 11 is 0. The van der Waals surface area contributed by atoms with Gasteiger partial charge in [-0.15, -0.1) is 0 Å². The van der Waals surface area contributed by atoms with Crippen molar-refractivity contribution in [2.45, 2.75) is 63.2 Å². The first kappa shape index (κ1) is 29.3. The van der Waals surface area contributed by atoms with Gasteiger partial charge in [-0.25, -0.2) is 4.79 Å². The van der Waals surface area contributed by atoms with Crippen molar-refractivity contribution in [2.24, 2.45) is 11.5 Å². The first-order valence-corrected chi connectivity index (χ1v) is 11.0. The van der Waals surface area contributed by atoms with E-state index in [0.29, 0.717) is 24.9 Å². The van der Waals surface area contributed by atoms with Gasteiger partial charge in [0.2, 0.25) is 17.7 Å². The van der Waals surface area contributed by atoms with Gasteiger partial charge < -0.3 is 42.7 Å². The molecule has 194 valence electrons. The summed E-state index contributed by atoms with van der Waals surface area (Å²) in [4.78, 5) is 60.0. The number of aliphatic carboxylic acids is 2. The van der Waals surface area contributed by atoms with E-state index in [1.807, 2.05) is 0 Å². The molecule has 0 bridgehead atoms. The number of carboxylic acids is 2. The van der Waals surface area contributed by atoms with Gasteiger partial charge in [0.1, 0.15) is 23.9 Å². The van der Waals surface area contributed by atoms with Crippen LogP contribution in [0.25, 0.3) is 0 Å². The fourth-order valence-electron chi connectivity index (χ4n) is 3.07. The largest absolute Gasteiger partial charge is 0.508 e. The lowest BCUT2D eigenvalue weighted by atomic mass is 10.1. The maximum absolute atomic E-state index is 12.5. The van der Waals surface area contributed by atoms with Crippen molar-refractivity contribution in [3.05, 3.63) is 29.8 Å². The summed E-state index contributed by atoms with van der Waals surface area (Å²) < 4.78 is 0. The predicted octanol–water partition coefficient (Wildman–Crippen LogP) is -1.58. The molecular formula is C22H33N5O8. The summed E-state index contributed by atoms with van der Waals surface area (Å²) in [6, 6.07) is 1.03. The Balaban J connectivity index is 2.74. The number of hydrogen-bond acceptors (Lipinski definition) is 8. The number of phenolic OH excluding ortho intramolecular Hbond substituents is 1. The van der Waals surface area contributed by atoms with Crippen molar-refractivity contribution in [3.63, 3.8) is 0 Å². The third-order valence-corrected chi connectivity index (χ3v) is 5.05. The van der Waals surface area contributed by atoms with Crippen LogP contribution in [-0.4, -0.2) is 75.7 Å². The Morgan fingerprint density at radius 2 is 1.49 bits per heavy atom. The van der Waals surface area contributed by atoms with Gasteiger partial charge in [0.05, 0.1) is 12.5 Å². The zero-order chi connectivity index (χ0) is 26.5. The topological polar surface area (TPSA) is 234 Å². The summed E-state index contributed by atoms with van der Waals surface area (Å²) in [5.41, 5.74) is 11.9. The van der Waals surface area contributed by atoms with Crippen molar-refractivity contribution in [1.82, 2.24) is 16.0 Å². The van der Waals surface area contributed by atoms with Crippen LogP contribution in [0.1, 0.15) is 38.2 Å². The molecule has 4 unspecified atom stereocenters. The highest BCUT2D eigenvalue weighted by molar-refractivity contribution is 5.95. The van der Waals surface area contributed by atoms with E-state index in [0.717, 1.165) is 0 Å². The first-order valence-electron chi connectivity index (χ1n) is 11.0. The minimum absolute atomic E-state index is 0.0576. The van der Waals surface area contributed by atoms with E-state index >= 15 is 0 Å². The summed E-state index contributed by atoms with van der Waals surface area (Å²) in [5, 5.41) is 34.6. The Labute approximate surface area is 202 Å². The van der Waals surface area contributed by atoms with E-state index in [1.165, 1.54) is 19.1 Å². The fourth-order valence-corrected chi connectivity index (χ4v) is 3.07. The molecule has 10 N–H and O–H groups in total. The van der Waals surface area contributed by atoms with Crippen molar-refractivity contribution in [1.29, 1.82) is 0 Å². The standard InChI is InChI=1S/C22H33N5O8/c1-12(25-20(32)15(24)10-13-5-7-14(28)8-6-13)19(31)27-17(11-18(29)30)21(33)26-16(22(34)35)4-2-3-9-23/h5-8,12,15-17,28H,2-4,9-11,23-24H2,1H3,(H,25,32)(H,26,33)(H,27,31)(H,29,30)(H,34,35). The maximum atomic E-state index is 12.5. The Morgan fingerprint density at radius 1 is 0.886 bits per heavy atom. The number of unbranched alkanes of at least 4 members (excludes halogenated alkanes) is 1. The average Bonchev–Trinajstić information content (AvgIpc) is 2.78. The average molecular weight is 496 g/mol. The number of nitrogens with two attached hydrogens (primary N) is 2. The number of phenols is 1. The molecule has 0 spiro atoms. The Bertz CT molecular complexity index is 892. The van der Waals surface area contributed by atoms with Crippen LogP contribution in [0.2, 0.25) is 0 Å². The van der Waals surface area contributed by atoms with E-state index in [2.05, 4.69) is 16.0 Å². The third-order valence-electron chi connectivity index (χ3n) is 5.05. The van der Waals surface area contributed by atoms with Gasteiger partial charge in [-0.3, -0.25) is 19.2 Å². The molecule has 3 amide bonds. The number of aromatic hydroxyl groups is 1. The second-order valence-electron chi connectivity index (χ2n) is 8.05. The molecule has 1 aromatic rings. The normalized spacial score (nSPS) is 14.1. The second kappa shape index (κ2) is 14.5. The monoisotopic (exact) mass is 495 g/mol. The predicted molar refractivity (Wildman–Crippen MR) is 124 cm³/mol. The zero-order valence-corrected chi connectivity index (χ0v) is 19.4. The summed E-state index contributed by atoms with van der Waals surface area (Å²) in [7, 11) is 0. The highest BCUT2D eigenvalue weighted by Gasteiger charge is 2.30.